The fourth-order valence-corrected chi connectivity index (χ4v) is 3.53. The van der Waals surface area contributed by atoms with Gasteiger partial charge in [0.15, 0.2) is 0 Å². The molecule has 1 aliphatic heterocycles. The third-order valence-corrected chi connectivity index (χ3v) is 4.82. The zero-order valence-corrected chi connectivity index (χ0v) is 14.3. The molecule has 0 bridgehead atoms. The summed E-state index contributed by atoms with van der Waals surface area (Å²) >= 11 is 0. The number of rotatable bonds is 2. The fraction of sp³-hybridized carbons (Fsp3) is 0.200. The number of aryl methyl sites for hydroxylation is 1. The maximum absolute atomic E-state index is 13.7. The van der Waals surface area contributed by atoms with Crippen LogP contribution < -0.4 is 5.32 Å². The molecule has 0 aliphatic carbocycles. The van der Waals surface area contributed by atoms with E-state index in [0.29, 0.717) is 24.3 Å². The molecule has 3 aromatic rings. The summed E-state index contributed by atoms with van der Waals surface area (Å²) in [4.78, 5) is 30.4. The molecule has 0 spiro atoms. The van der Waals surface area contributed by atoms with E-state index in [4.69, 9.17) is 0 Å². The second-order valence-electron chi connectivity index (χ2n) is 6.42. The molecule has 0 saturated carbocycles. The van der Waals surface area contributed by atoms with Crippen LogP contribution in [0.25, 0.3) is 10.9 Å². The number of nitrogens with zero attached hydrogens (tertiary/aromatic N) is 1. The van der Waals surface area contributed by atoms with Crippen molar-refractivity contribution in [3.8, 4) is 0 Å². The number of hydrogen-bond acceptors (Lipinski definition) is 2. The monoisotopic (exact) mass is 351 g/mol. The van der Waals surface area contributed by atoms with E-state index in [1.54, 1.807) is 12.1 Å². The Labute approximate surface area is 149 Å². The lowest BCUT2D eigenvalue weighted by Gasteiger charge is -2.35. The van der Waals surface area contributed by atoms with Crippen molar-refractivity contribution in [2.24, 2.45) is 0 Å². The zero-order chi connectivity index (χ0) is 18.3. The molecule has 1 aromatic heterocycles. The number of fused-ring (bicyclic) bond motifs is 1. The van der Waals surface area contributed by atoms with Crippen molar-refractivity contribution in [3.05, 3.63) is 71.2 Å². The SMILES string of the molecule is Cc1c(C(=O)N2CCNC(=O)[C@@H]2c2cccc(F)c2)[nH]c2ccccc12. The first-order valence-corrected chi connectivity index (χ1v) is 8.47. The average Bonchev–Trinajstić information content (AvgIpc) is 2.98. The number of halogens is 1. The van der Waals surface area contributed by atoms with Gasteiger partial charge < -0.3 is 15.2 Å². The molecule has 5 nitrogen and oxygen atoms in total. The summed E-state index contributed by atoms with van der Waals surface area (Å²) in [5, 5.41) is 3.73. The van der Waals surface area contributed by atoms with Crippen LogP contribution in [0.5, 0.6) is 0 Å². The van der Waals surface area contributed by atoms with Crippen LogP contribution in [0.4, 0.5) is 4.39 Å². The summed E-state index contributed by atoms with van der Waals surface area (Å²) in [5.41, 5.74) is 2.64. The summed E-state index contributed by atoms with van der Waals surface area (Å²) in [6, 6.07) is 12.7. The fourth-order valence-electron chi connectivity index (χ4n) is 3.53. The summed E-state index contributed by atoms with van der Waals surface area (Å²) < 4.78 is 13.7. The molecular weight excluding hydrogens is 333 g/mol. The predicted octanol–water partition coefficient (Wildman–Crippen LogP) is 2.93. The zero-order valence-electron chi connectivity index (χ0n) is 14.3. The van der Waals surface area contributed by atoms with Gasteiger partial charge in [-0.2, -0.15) is 0 Å². The number of carbonyl (C=O) groups is 2. The molecular formula is C20H18FN3O2. The maximum atomic E-state index is 13.7. The van der Waals surface area contributed by atoms with Crippen LogP contribution in [-0.2, 0) is 4.79 Å². The van der Waals surface area contributed by atoms with Crippen molar-refractivity contribution in [2.45, 2.75) is 13.0 Å². The number of para-hydroxylation sites is 1. The molecule has 0 unspecified atom stereocenters. The third-order valence-electron chi connectivity index (χ3n) is 4.82. The molecule has 2 heterocycles. The number of hydrogen-bond donors (Lipinski definition) is 2. The molecule has 2 N–H and O–H groups in total. The van der Waals surface area contributed by atoms with Gasteiger partial charge in [-0.3, -0.25) is 9.59 Å². The molecule has 2 amide bonds. The highest BCUT2D eigenvalue weighted by molar-refractivity contribution is 6.03. The van der Waals surface area contributed by atoms with E-state index in [2.05, 4.69) is 10.3 Å². The van der Waals surface area contributed by atoms with Gasteiger partial charge in [0, 0.05) is 24.0 Å². The van der Waals surface area contributed by atoms with Crippen LogP contribution in [0.1, 0.15) is 27.7 Å². The molecule has 132 valence electrons. The van der Waals surface area contributed by atoms with Crippen molar-refractivity contribution in [1.82, 2.24) is 15.2 Å². The largest absolute Gasteiger partial charge is 0.352 e. The molecule has 26 heavy (non-hydrogen) atoms. The second kappa shape index (κ2) is 6.29. The third kappa shape index (κ3) is 2.63. The van der Waals surface area contributed by atoms with Gasteiger partial charge in [0.05, 0.1) is 0 Å². The minimum atomic E-state index is -0.849. The van der Waals surface area contributed by atoms with E-state index < -0.39 is 11.9 Å². The summed E-state index contributed by atoms with van der Waals surface area (Å²) in [6.07, 6.45) is 0. The highest BCUT2D eigenvalue weighted by Crippen LogP contribution is 2.28. The Kier molecular flexibility index (Phi) is 3.95. The summed E-state index contributed by atoms with van der Waals surface area (Å²) in [5.74, 6) is -0.998. The number of piperazine rings is 1. The number of aromatic nitrogens is 1. The number of benzene rings is 2. The Morgan fingerprint density at radius 2 is 2.00 bits per heavy atom. The highest BCUT2D eigenvalue weighted by Gasteiger charge is 2.36. The predicted molar refractivity (Wildman–Crippen MR) is 96.2 cm³/mol. The maximum Gasteiger partial charge on any atom is 0.271 e. The molecule has 2 aromatic carbocycles. The number of amides is 2. The standard InChI is InChI=1S/C20H18FN3O2/c1-12-15-7-2-3-8-16(15)23-17(12)20(26)24-10-9-22-19(25)18(24)13-5-4-6-14(21)11-13/h2-8,11,18,23H,9-10H2,1H3,(H,22,25)/t18-/m0/s1. The number of carbonyl (C=O) groups excluding carboxylic acids is 2. The summed E-state index contributed by atoms with van der Waals surface area (Å²) in [7, 11) is 0. The van der Waals surface area contributed by atoms with Crippen molar-refractivity contribution < 1.29 is 14.0 Å². The Morgan fingerprint density at radius 3 is 2.77 bits per heavy atom. The van der Waals surface area contributed by atoms with Crippen molar-refractivity contribution >= 4 is 22.7 Å². The number of H-pyrrole nitrogens is 1. The van der Waals surface area contributed by atoms with Gasteiger partial charge in [-0.25, -0.2) is 4.39 Å². The average molecular weight is 351 g/mol. The minimum absolute atomic E-state index is 0.261. The van der Waals surface area contributed by atoms with Gasteiger partial charge in [-0.05, 0) is 36.2 Å². The first-order chi connectivity index (χ1) is 12.6. The molecule has 4 rings (SSSR count). The molecule has 1 aliphatic rings. The topological polar surface area (TPSA) is 65.2 Å². The van der Waals surface area contributed by atoms with Gasteiger partial charge >= 0.3 is 0 Å². The smallest absolute Gasteiger partial charge is 0.271 e. The molecule has 1 saturated heterocycles. The lowest BCUT2D eigenvalue weighted by molar-refractivity contribution is -0.128. The van der Waals surface area contributed by atoms with Gasteiger partial charge in [-0.15, -0.1) is 0 Å². The molecule has 1 atom stereocenters. The van der Waals surface area contributed by atoms with E-state index >= 15 is 0 Å². The Bertz CT molecular complexity index is 1010. The molecule has 0 radical (unpaired) electrons. The quantitative estimate of drug-likeness (QED) is 0.746. The van der Waals surface area contributed by atoms with Gasteiger partial charge in [0.25, 0.3) is 5.91 Å². The van der Waals surface area contributed by atoms with E-state index in [9.17, 15) is 14.0 Å². The van der Waals surface area contributed by atoms with Crippen LogP contribution >= 0.6 is 0 Å². The van der Waals surface area contributed by atoms with Gasteiger partial charge in [-0.1, -0.05) is 30.3 Å². The Balaban J connectivity index is 1.77. The van der Waals surface area contributed by atoms with Crippen LogP contribution in [0.3, 0.4) is 0 Å². The van der Waals surface area contributed by atoms with Crippen molar-refractivity contribution in [3.63, 3.8) is 0 Å². The van der Waals surface area contributed by atoms with Gasteiger partial charge in [0.2, 0.25) is 5.91 Å². The van der Waals surface area contributed by atoms with E-state index in [0.717, 1.165) is 16.5 Å². The Morgan fingerprint density at radius 1 is 1.19 bits per heavy atom. The van der Waals surface area contributed by atoms with E-state index in [1.165, 1.54) is 17.0 Å². The number of nitrogens with one attached hydrogen (secondary N) is 2. The summed E-state index contributed by atoms with van der Waals surface area (Å²) in [6.45, 7) is 2.61. The lowest BCUT2D eigenvalue weighted by Crippen LogP contribution is -2.52. The van der Waals surface area contributed by atoms with Crippen LogP contribution in [0.2, 0.25) is 0 Å². The first kappa shape index (κ1) is 16.3. The number of aromatic amines is 1. The Hall–Kier alpha value is -3.15. The normalized spacial score (nSPS) is 17.4. The van der Waals surface area contributed by atoms with Gasteiger partial charge in [0.1, 0.15) is 17.6 Å². The molecule has 1 fully saturated rings. The van der Waals surface area contributed by atoms with Crippen LogP contribution in [0.15, 0.2) is 48.5 Å². The van der Waals surface area contributed by atoms with Crippen LogP contribution in [-0.4, -0.2) is 34.8 Å². The lowest BCUT2D eigenvalue weighted by atomic mass is 10.0. The highest BCUT2D eigenvalue weighted by atomic mass is 19.1. The van der Waals surface area contributed by atoms with E-state index in [-0.39, 0.29) is 11.8 Å². The van der Waals surface area contributed by atoms with Crippen molar-refractivity contribution in [2.75, 3.05) is 13.1 Å². The second-order valence-corrected chi connectivity index (χ2v) is 6.42. The van der Waals surface area contributed by atoms with Crippen LogP contribution in [0, 0.1) is 12.7 Å². The minimum Gasteiger partial charge on any atom is -0.352 e. The molecule has 6 heteroatoms. The van der Waals surface area contributed by atoms with Crippen molar-refractivity contribution in [1.29, 1.82) is 0 Å². The first-order valence-electron chi connectivity index (χ1n) is 8.47. The van der Waals surface area contributed by atoms with E-state index in [1.807, 2.05) is 31.2 Å².